The molecule has 1 aliphatic heterocycles. The first-order valence-electron chi connectivity index (χ1n) is 6.89. The minimum Gasteiger partial charge on any atom is -0.497 e. The van der Waals surface area contributed by atoms with E-state index in [9.17, 15) is 9.59 Å². The van der Waals surface area contributed by atoms with Crippen molar-refractivity contribution in [2.24, 2.45) is 11.8 Å². The minimum atomic E-state index is -0.807. The number of hydrogen-bond donors (Lipinski definition) is 2. The molecule has 1 aromatic carbocycles. The maximum absolute atomic E-state index is 11.9. The number of aliphatic carboxylic acids is 1. The summed E-state index contributed by atoms with van der Waals surface area (Å²) in [5.41, 5.74) is 0.986. The lowest BCUT2D eigenvalue weighted by molar-refractivity contribution is -0.144. The van der Waals surface area contributed by atoms with Crippen LogP contribution in [0.25, 0.3) is 0 Å². The number of amides is 2. The fraction of sp³-hybridized carbons (Fsp3) is 0.467. The molecule has 2 N–H and O–H groups in total. The zero-order valence-corrected chi connectivity index (χ0v) is 12.2. The number of hydrogen-bond acceptors (Lipinski definition) is 3. The Hall–Kier alpha value is -2.24. The van der Waals surface area contributed by atoms with Crippen molar-refractivity contribution in [3.63, 3.8) is 0 Å². The Labute approximate surface area is 123 Å². The predicted octanol–water partition coefficient (Wildman–Crippen LogP) is 1.56. The van der Waals surface area contributed by atoms with Crippen molar-refractivity contribution in [2.45, 2.75) is 13.5 Å². The number of nitrogens with one attached hydrogen (secondary N) is 1. The third kappa shape index (κ3) is 3.65. The molecule has 0 aliphatic carbocycles. The molecular weight excluding hydrogens is 272 g/mol. The first kappa shape index (κ1) is 15.2. The van der Waals surface area contributed by atoms with Crippen molar-refractivity contribution < 1.29 is 19.4 Å². The number of benzene rings is 1. The Morgan fingerprint density at radius 2 is 2.00 bits per heavy atom. The fourth-order valence-electron chi connectivity index (χ4n) is 2.23. The molecule has 0 spiro atoms. The molecule has 0 bridgehead atoms. The van der Waals surface area contributed by atoms with Crippen LogP contribution < -0.4 is 10.1 Å². The van der Waals surface area contributed by atoms with Gasteiger partial charge in [0.05, 0.1) is 13.0 Å². The van der Waals surface area contributed by atoms with E-state index < -0.39 is 11.9 Å². The molecule has 1 unspecified atom stereocenters. The number of methoxy groups -OCH3 is 1. The fourth-order valence-corrected chi connectivity index (χ4v) is 2.23. The van der Waals surface area contributed by atoms with E-state index in [-0.39, 0.29) is 11.9 Å². The van der Waals surface area contributed by atoms with Crippen molar-refractivity contribution in [1.29, 1.82) is 0 Å². The number of urea groups is 1. The first-order valence-corrected chi connectivity index (χ1v) is 6.89. The molecule has 1 atom stereocenters. The van der Waals surface area contributed by atoms with E-state index in [0.29, 0.717) is 19.6 Å². The van der Waals surface area contributed by atoms with Crippen LogP contribution in [0, 0.1) is 11.8 Å². The lowest BCUT2D eigenvalue weighted by Gasteiger charge is -2.41. The van der Waals surface area contributed by atoms with Crippen molar-refractivity contribution in [1.82, 2.24) is 10.2 Å². The van der Waals surface area contributed by atoms with Crippen LogP contribution in [-0.4, -0.2) is 42.2 Å². The summed E-state index contributed by atoms with van der Waals surface area (Å²) < 4.78 is 5.07. The zero-order chi connectivity index (χ0) is 15.4. The molecular formula is C15H20N2O4. The number of nitrogens with zero attached hydrogens (tertiary/aromatic N) is 1. The van der Waals surface area contributed by atoms with Crippen LogP contribution in [0.3, 0.4) is 0 Å². The van der Waals surface area contributed by atoms with Crippen molar-refractivity contribution in [3.05, 3.63) is 29.8 Å². The van der Waals surface area contributed by atoms with Gasteiger partial charge in [-0.1, -0.05) is 19.1 Å². The molecule has 21 heavy (non-hydrogen) atoms. The second-order valence-electron chi connectivity index (χ2n) is 5.30. The molecule has 2 amide bonds. The highest BCUT2D eigenvalue weighted by Gasteiger charge is 2.36. The highest BCUT2D eigenvalue weighted by Crippen LogP contribution is 2.24. The number of likely N-dealkylation sites (tertiary alicyclic amines) is 1. The maximum atomic E-state index is 11.9. The molecule has 114 valence electrons. The van der Waals surface area contributed by atoms with Gasteiger partial charge < -0.3 is 20.1 Å². The highest BCUT2D eigenvalue weighted by atomic mass is 16.5. The van der Waals surface area contributed by atoms with E-state index >= 15 is 0 Å². The summed E-state index contributed by atoms with van der Waals surface area (Å²) in [6.07, 6.45) is 0. The molecule has 0 radical (unpaired) electrons. The topological polar surface area (TPSA) is 78.9 Å². The Balaban J connectivity index is 1.74. The van der Waals surface area contributed by atoms with E-state index in [1.54, 1.807) is 18.9 Å². The lowest BCUT2D eigenvalue weighted by Crippen LogP contribution is -2.56. The largest absolute Gasteiger partial charge is 0.497 e. The van der Waals surface area contributed by atoms with Gasteiger partial charge in [0.2, 0.25) is 0 Å². The van der Waals surface area contributed by atoms with Crippen molar-refractivity contribution in [2.75, 3.05) is 20.2 Å². The van der Waals surface area contributed by atoms with Crippen molar-refractivity contribution >= 4 is 12.0 Å². The quantitative estimate of drug-likeness (QED) is 0.863. The monoisotopic (exact) mass is 292 g/mol. The van der Waals surface area contributed by atoms with E-state index in [1.807, 2.05) is 24.3 Å². The van der Waals surface area contributed by atoms with Crippen LogP contribution in [0.1, 0.15) is 12.5 Å². The zero-order valence-electron chi connectivity index (χ0n) is 12.2. The van der Waals surface area contributed by atoms with Crippen LogP contribution >= 0.6 is 0 Å². The Kier molecular flexibility index (Phi) is 4.67. The van der Waals surface area contributed by atoms with Gasteiger partial charge in [-0.05, 0) is 17.7 Å². The van der Waals surface area contributed by atoms with Crippen LogP contribution in [0.4, 0.5) is 4.79 Å². The molecule has 6 heteroatoms. The Bertz CT molecular complexity index is 509. The summed E-state index contributed by atoms with van der Waals surface area (Å²) in [6.45, 7) is 3.13. The Morgan fingerprint density at radius 3 is 2.52 bits per heavy atom. The number of carboxylic acid groups (broad SMARTS) is 1. The summed E-state index contributed by atoms with van der Waals surface area (Å²) in [5.74, 6) is -0.388. The van der Waals surface area contributed by atoms with Crippen molar-refractivity contribution in [3.8, 4) is 5.75 Å². The van der Waals surface area contributed by atoms with Crippen LogP contribution in [0.5, 0.6) is 5.75 Å². The third-order valence-corrected chi connectivity index (χ3v) is 3.90. The number of rotatable bonds is 5. The second kappa shape index (κ2) is 6.47. The average Bonchev–Trinajstić information content (AvgIpc) is 2.43. The van der Waals surface area contributed by atoms with Gasteiger partial charge in [-0.2, -0.15) is 0 Å². The molecule has 1 aromatic rings. The summed E-state index contributed by atoms with van der Waals surface area (Å²) in [5, 5.41) is 11.7. The average molecular weight is 292 g/mol. The summed E-state index contributed by atoms with van der Waals surface area (Å²) in [6, 6.07) is 7.32. The molecule has 0 saturated carbocycles. The van der Waals surface area contributed by atoms with Gasteiger partial charge in [0.1, 0.15) is 5.75 Å². The molecule has 1 heterocycles. The van der Waals surface area contributed by atoms with E-state index in [0.717, 1.165) is 11.3 Å². The molecule has 0 aromatic heterocycles. The van der Waals surface area contributed by atoms with Gasteiger partial charge in [-0.3, -0.25) is 4.79 Å². The lowest BCUT2D eigenvalue weighted by atomic mass is 9.87. The second-order valence-corrected chi connectivity index (χ2v) is 5.30. The Morgan fingerprint density at radius 1 is 1.38 bits per heavy atom. The van der Waals surface area contributed by atoms with E-state index in [1.165, 1.54) is 0 Å². The molecule has 1 fully saturated rings. The maximum Gasteiger partial charge on any atom is 0.317 e. The molecule has 6 nitrogen and oxygen atoms in total. The van der Waals surface area contributed by atoms with Crippen LogP contribution in [0.2, 0.25) is 0 Å². The van der Waals surface area contributed by atoms with Gasteiger partial charge >= 0.3 is 12.0 Å². The molecule has 1 saturated heterocycles. The summed E-state index contributed by atoms with van der Waals surface area (Å²) >= 11 is 0. The normalized spacial score (nSPS) is 16.0. The van der Waals surface area contributed by atoms with Gasteiger partial charge in [0.25, 0.3) is 0 Å². The van der Waals surface area contributed by atoms with Gasteiger partial charge in [0.15, 0.2) is 0 Å². The number of carbonyl (C=O) groups excluding carboxylic acids is 1. The number of carboxylic acids is 1. The minimum absolute atomic E-state index is 0.0502. The number of ether oxygens (including phenoxy) is 1. The molecule has 2 rings (SSSR count). The summed E-state index contributed by atoms with van der Waals surface area (Å²) in [7, 11) is 1.61. The predicted molar refractivity (Wildman–Crippen MR) is 77.1 cm³/mol. The SMILES string of the molecule is COc1ccc(CNC(=O)N2CC(C(C)C(=O)O)C2)cc1. The van der Waals surface area contributed by atoms with E-state index in [2.05, 4.69) is 5.32 Å². The van der Waals surface area contributed by atoms with Crippen LogP contribution in [0.15, 0.2) is 24.3 Å². The standard InChI is InChI=1S/C15H20N2O4/c1-10(14(18)19)12-8-17(9-12)15(20)16-7-11-3-5-13(21-2)6-4-11/h3-6,10,12H,7-9H2,1-2H3,(H,16,20)(H,18,19). The smallest absolute Gasteiger partial charge is 0.317 e. The van der Waals surface area contributed by atoms with E-state index in [4.69, 9.17) is 9.84 Å². The first-order chi connectivity index (χ1) is 10.0. The van der Waals surface area contributed by atoms with Crippen LogP contribution in [-0.2, 0) is 11.3 Å². The van der Waals surface area contributed by atoms with Gasteiger partial charge in [-0.25, -0.2) is 4.79 Å². The summed E-state index contributed by atoms with van der Waals surface area (Å²) in [4.78, 5) is 24.4. The van der Waals surface area contributed by atoms with Gasteiger partial charge in [-0.15, -0.1) is 0 Å². The third-order valence-electron chi connectivity index (χ3n) is 3.90. The number of carbonyl (C=O) groups is 2. The van der Waals surface area contributed by atoms with Gasteiger partial charge in [0, 0.05) is 25.6 Å². The molecule has 1 aliphatic rings. The highest BCUT2D eigenvalue weighted by molar-refractivity contribution is 5.76.